The topological polar surface area (TPSA) is 40.6 Å². The van der Waals surface area contributed by atoms with Gasteiger partial charge < -0.3 is 0 Å². The number of rotatable bonds is 7. The molecule has 0 aromatic rings. The molecule has 0 fully saturated rings. The Balaban J connectivity index is 6.38. The Bertz CT molecular complexity index is 319. The van der Waals surface area contributed by atoms with Crippen molar-refractivity contribution in [3.8, 4) is 0 Å². The number of nitrogens with one attached hydrogen (secondary N) is 1. The maximum atomic E-state index is 5.42. The second-order valence-electron chi connectivity index (χ2n) is 5.87. The van der Waals surface area contributed by atoms with Crippen molar-refractivity contribution in [2.75, 3.05) is 77.5 Å². The van der Waals surface area contributed by atoms with Crippen LogP contribution in [0.2, 0.25) is 0 Å². The molecule has 9 heteroatoms. The van der Waals surface area contributed by atoms with Gasteiger partial charge in [-0.05, 0) is 0 Å². The molecule has 0 rings (SSSR count). The fraction of sp³-hybridized carbons (Fsp3) is 1.00. The number of hydrogen-bond acceptors (Lipinski definition) is 4. The molecule has 124 valence electrons. The molecule has 0 unspecified atom stereocenters. The summed E-state index contributed by atoms with van der Waals surface area (Å²) >= 11 is 0. The van der Waals surface area contributed by atoms with Gasteiger partial charge in [0.05, 0.1) is 0 Å². The van der Waals surface area contributed by atoms with Crippen molar-refractivity contribution in [1.82, 2.24) is 28.4 Å². The third-order valence-corrected chi connectivity index (χ3v) is 12.1. The van der Waals surface area contributed by atoms with Crippen LogP contribution in [-0.4, -0.2) is 101 Å². The Morgan fingerprint density at radius 2 is 1.00 bits per heavy atom. The predicted octanol–water partition coefficient (Wildman–Crippen LogP) is 1.37. The third-order valence-electron chi connectivity index (χ3n) is 3.49. The van der Waals surface area contributed by atoms with E-state index in [0.717, 1.165) is 0 Å². The van der Waals surface area contributed by atoms with E-state index in [4.69, 9.17) is 4.52 Å². The van der Waals surface area contributed by atoms with Crippen molar-refractivity contribution in [3.63, 3.8) is 0 Å². The first-order valence-electron chi connectivity index (χ1n) is 6.69. The van der Waals surface area contributed by atoms with Gasteiger partial charge in [-0.1, -0.05) is 0 Å². The van der Waals surface area contributed by atoms with E-state index < -0.39 is 15.4 Å². The van der Waals surface area contributed by atoms with Gasteiger partial charge in [-0.3, -0.25) is 0 Å². The summed E-state index contributed by atoms with van der Waals surface area (Å²) in [6, 6.07) is 0. The van der Waals surface area contributed by atoms with Gasteiger partial charge in [0, 0.05) is 0 Å². The van der Waals surface area contributed by atoms with Crippen LogP contribution in [0.5, 0.6) is 0 Å². The van der Waals surface area contributed by atoms with Crippen LogP contribution in [-0.2, 0) is 0 Å². The molecular weight excluding hydrogens is 292 g/mol. The van der Waals surface area contributed by atoms with Gasteiger partial charge in [0.25, 0.3) is 0 Å². The first-order chi connectivity index (χ1) is 8.98. The van der Waals surface area contributed by atoms with Gasteiger partial charge in [-0.15, -0.1) is 0 Å². The van der Waals surface area contributed by atoms with Crippen molar-refractivity contribution in [2.24, 2.45) is 4.52 Å². The van der Waals surface area contributed by atoms with E-state index in [1.807, 2.05) is 7.05 Å². The van der Waals surface area contributed by atoms with Crippen molar-refractivity contribution in [3.05, 3.63) is 0 Å². The second-order valence-corrected chi connectivity index (χ2v) is 13.7. The van der Waals surface area contributed by atoms with Crippen molar-refractivity contribution >= 4 is 15.4 Å². The molecule has 0 aliphatic carbocycles. The van der Waals surface area contributed by atoms with Crippen LogP contribution >= 0.6 is 15.4 Å². The Kier molecular flexibility index (Phi) is 7.77. The number of nitrogens with zero attached hydrogens (tertiary/aromatic N) is 6. The average molecular weight is 327 g/mol. The summed E-state index contributed by atoms with van der Waals surface area (Å²) in [6.45, 7) is 0. The molecule has 0 saturated heterocycles. The van der Waals surface area contributed by atoms with Crippen LogP contribution in [0.1, 0.15) is 0 Å². The summed E-state index contributed by atoms with van der Waals surface area (Å²) < 4.78 is 16.7. The van der Waals surface area contributed by atoms with E-state index in [9.17, 15) is 0 Å². The summed E-state index contributed by atoms with van der Waals surface area (Å²) in [5, 5.41) is 3.49. The summed E-state index contributed by atoms with van der Waals surface area (Å²) in [4.78, 5) is 0. The monoisotopic (exact) mass is 327 g/mol. The molecule has 0 atom stereocenters. The number of hydrogen-bond donors (Lipinski definition) is 1. The zero-order chi connectivity index (χ0) is 16.3. The van der Waals surface area contributed by atoms with Gasteiger partial charge in [0.15, 0.2) is 0 Å². The van der Waals surface area contributed by atoms with E-state index in [1.54, 1.807) is 0 Å². The zero-order valence-corrected chi connectivity index (χ0v) is 17.0. The van der Waals surface area contributed by atoms with Crippen LogP contribution in [0, 0.1) is 0 Å². The molecule has 0 aliphatic rings. The van der Waals surface area contributed by atoms with Crippen LogP contribution < -0.4 is 5.09 Å². The van der Waals surface area contributed by atoms with E-state index in [-0.39, 0.29) is 0 Å². The Hall–Kier alpha value is 0.420. The van der Waals surface area contributed by atoms with E-state index in [0.29, 0.717) is 0 Å². The predicted molar refractivity (Wildman–Crippen MR) is 95.2 cm³/mol. The van der Waals surface area contributed by atoms with Crippen molar-refractivity contribution in [1.29, 1.82) is 0 Å². The molecule has 0 bridgehead atoms. The molecule has 0 radical (unpaired) electrons. The second kappa shape index (κ2) is 7.61. The van der Waals surface area contributed by atoms with Crippen LogP contribution in [0.4, 0.5) is 0 Å². The Labute approximate surface area is 126 Å². The van der Waals surface area contributed by atoms with E-state index in [2.05, 4.69) is 98.9 Å². The van der Waals surface area contributed by atoms with Gasteiger partial charge in [0.1, 0.15) is 0 Å². The molecule has 7 nitrogen and oxygen atoms in total. The van der Waals surface area contributed by atoms with Crippen molar-refractivity contribution in [2.45, 2.75) is 0 Å². The molecule has 20 heavy (non-hydrogen) atoms. The van der Waals surface area contributed by atoms with E-state index >= 15 is 0 Å². The third kappa shape index (κ3) is 3.60. The molecular formula is C11H35N7P2. The molecule has 0 amide bonds. The summed E-state index contributed by atoms with van der Waals surface area (Å²) in [5.41, 5.74) is 0. The SMILES string of the molecule is CNP(=N[PH](N(C)C)(N(C)C)N(C)C)(N(C)C)N(C)C. The van der Waals surface area contributed by atoms with Crippen molar-refractivity contribution < 1.29 is 0 Å². The standard InChI is InChI=1S/C11H35N7P2/c1-12-19(14(2)3,15(4)5)13-20(16(6)7,17(8)9)18(10)11/h12,20H,1-11H3. The van der Waals surface area contributed by atoms with Gasteiger partial charge >= 0.3 is 126 Å². The first-order valence-corrected chi connectivity index (χ1v) is 10.1. The van der Waals surface area contributed by atoms with Gasteiger partial charge in [-0.25, -0.2) is 0 Å². The average Bonchev–Trinajstić information content (AvgIpc) is 2.28. The Morgan fingerprint density at radius 1 is 0.700 bits per heavy atom. The molecule has 0 aliphatic heterocycles. The normalized spacial score (nSPS) is 15.0. The summed E-state index contributed by atoms with van der Waals surface area (Å²) in [5.74, 6) is 0. The molecule has 1 N–H and O–H groups in total. The fourth-order valence-electron chi connectivity index (χ4n) is 2.64. The quantitative estimate of drug-likeness (QED) is 0.712. The van der Waals surface area contributed by atoms with Gasteiger partial charge in [-0.2, -0.15) is 0 Å². The van der Waals surface area contributed by atoms with Crippen LogP contribution in [0.25, 0.3) is 0 Å². The Morgan fingerprint density at radius 3 is 1.15 bits per heavy atom. The minimum absolute atomic E-state index is 1.93. The maximum absolute atomic E-state index is 5.42. The summed E-state index contributed by atoms with van der Waals surface area (Å²) in [7, 11) is 18.9. The van der Waals surface area contributed by atoms with Crippen LogP contribution in [0.15, 0.2) is 4.52 Å². The summed E-state index contributed by atoms with van der Waals surface area (Å²) in [6.07, 6.45) is 0. The first kappa shape index (κ1) is 20.4. The molecule has 0 aromatic carbocycles. The fourth-order valence-corrected chi connectivity index (χ4v) is 12.0. The molecule has 0 aromatic heterocycles. The zero-order valence-electron chi connectivity index (χ0n) is 15.1. The molecule has 0 saturated carbocycles. The van der Waals surface area contributed by atoms with E-state index in [1.165, 1.54) is 0 Å². The molecule has 0 spiro atoms. The van der Waals surface area contributed by atoms with Crippen LogP contribution in [0.3, 0.4) is 0 Å². The van der Waals surface area contributed by atoms with Gasteiger partial charge in [0.2, 0.25) is 0 Å². The minimum atomic E-state index is -2.28. The molecule has 0 heterocycles.